The molecule has 15 heavy (non-hydrogen) atoms. The van der Waals surface area contributed by atoms with Crippen molar-refractivity contribution in [3.8, 4) is 0 Å². The van der Waals surface area contributed by atoms with Gasteiger partial charge in [-0.1, -0.05) is 38.1 Å². The van der Waals surface area contributed by atoms with E-state index in [4.69, 9.17) is 5.73 Å². The molecule has 1 aliphatic rings. The zero-order chi connectivity index (χ0) is 10.9. The molecule has 2 N–H and O–H groups in total. The molecule has 1 heteroatoms. The molecule has 1 unspecified atom stereocenters. The maximum absolute atomic E-state index is 6.47. The summed E-state index contributed by atoms with van der Waals surface area (Å²) in [5, 5.41) is 0. The van der Waals surface area contributed by atoms with Crippen LogP contribution >= 0.6 is 0 Å². The number of nitrogens with two attached hydrogens (primary N) is 1. The van der Waals surface area contributed by atoms with E-state index in [1.807, 2.05) is 0 Å². The van der Waals surface area contributed by atoms with Crippen LogP contribution in [0.2, 0.25) is 0 Å². The predicted octanol–water partition coefficient (Wildman–Crippen LogP) is 2.92. The molecule has 1 aromatic rings. The maximum atomic E-state index is 6.47. The van der Waals surface area contributed by atoms with Gasteiger partial charge in [0.15, 0.2) is 0 Å². The fourth-order valence-corrected chi connectivity index (χ4v) is 2.81. The fraction of sp³-hybridized carbons (Fsp3) is 0.571. The van der Waals surface area contributed by atoms with Gasteiger partial charge in [-0.05, 0) is 42.7 Å². The molecule has 0 saturated heterocycles. The van der Waals surface area contributed by atoms with Crippen LogP contribution in [-0.2, 0) is 12.8 Å². The maximum Gasteiger partial charge on any atom is 0.0200 e. The molecule has 2 rings (SSSR count). The van der Waals surface area contributed by atoms with Gasteiger partial charge in [-0.2, -0.15) is 0 Å². The molecule has 0 radical (unpaired) electrons. The van der Waals surface area contributed by atoms with Gasteiger partial charge in [0.2, 0.25) is 0 Å². The number of fused-ring (bicyclic) bond motifs is 1. The third kappa shape index (κ3) is 2.40. The molecule has 0 aromatic heterocycles. The third-order valence-corrected chi connectivity index (χ3v) is 3.37. The van der Waals surface area contributed by atoms with E-state index in [1.165, 1.54) is 11.1 Å². The molecule has 0 aliphatic heterocycles. The lowest BCUT2D eigenvalue weighted by Crippen LogP contribution is -2.46. The summed E-state index contributed by atoms with van der Waals surface area (Å²) in [6.45, 7) is 4.52. The summed E-state index contributed by atoms with van der Waals surface area (Å²) < 4.78 is 0. The lowest BCUT2D eigenvalue weighted by molar-refractivity contribution is 0.304. The van der Waals surface area contributed by atoms with Gasteiger partial charge in [0.25, 0.3) is 0 Å². The van der Waals surface area contributed by atoms with Crippen molar-refractivity contribution >= 4 is 0 Å². The van der Waals surface area contributed by atoms with Crippen LogP contribution in [0.4, 0.5) is 0 Å². The Balaban J connectivity index is 2.17. The Hall–Kier alpha value is -0.820. The van der Waals surface area contributed by atoms with E-state index in [2.05, 4.69) is 38.1 Å². The average molecular weight is 203 g/mol. The van der Waals surface area contributed by atoms with E-state index < -0.39 is 0 Å². The fourth-order valence-electron chi connectivity index (χ4n) is 2.81. The van der Waals surface area contributed by atoms with Crippen molar-refractivity contribution in [1.29, 1.82) is 0 Å². The minimum absolute atomic E-state index is 0.0442. The first-order valence-corrected chi connectivity index (χ1v) is 5.95. The van der Waals surface area contributed by atoms with Gasteiger partial charge >= 0.3 is 0 Å². The van der Waals surface area contributed by atoms with Crippen molar-refractivity contribution in [2.75, 3.05) is 0 Å². The van der Waals surface area contributed by atoms with Crippen molar-refractivity contribution in [3.05, 3.63) is 35.4 Å². The van der Waals surface area contributed by atoms with Crippen LogP contribution in [0, 0.1) is 5.92 Å². The molecular formula is C14H21N. The van der Waals surface area contributed by atoms with Gasteiger partial charge in [-0.25, -0.2) is 0 Å². The van der Waals surface area contributed by atoms with Gasteiger partial charge in [0, 0.05) is 5.54 Å². The lowest BCUT2D eigenvalue weighted by atomic mass is 9.74. The summed E-state index contributed by atoms with van der Waals surface area (Å²) in [6.07, 6.45) is 4.49. The minimum Gasteiger partial charge on any atom is -0.325 e. The Bertz CT molecular complexity index is 343. The van der Waals surface area contributed by atoms with Crippen LogP contribution in [-0.4, -0.2) is 5.54 Å². The minimum atomic E-state index is 0.0442. The molecule has 0 bridgehead atoms. The summed E-state index contributed by atoms with van der Waals surface area (Å²) in [4.78, 5) is 0. The molecule has 0 fully saturated rings. The first kappa shape index (κ1) is 10.7. The van der Waals surface area contributed by atoms with E-state index in [0.29, 0.717) is 5.92 Å². The first-order valence-electron chi connectivity index (χ1n) is 5.95. The van der Waals surface area contributed by atoms with E-state index in [9.17, 15) is 0 Å². The molecule has 1 nitrogen and oxygen atoms in total. The number of benzene rings is 1. The Morgan fingerprint density at radius 1 is 1.27 bits per heavy atom. The second-order valence-electron chi connectivity index (χ2n) is 5.41. The summed E-state index contributed by atoms with van der Waals surface area (Å²) in [7, 11) is 0. The number of aryl methyl sites for hydroxylation is 1. The molecule has 1 aliphatic carbocycles. The highest BCUT2D eigenvalue weighted by molar-refractivity contribution is 5.32. The van der Waals surface area contributed by atoms with Crippen LogP contribution < -0.4 is 5.73 Å². The number of rotatable bonds is 2. The zero-order valence-corrected chi connectivity index (χ0v) is 9.79. The number of hydrogen-bond acceptors (Lipinski definition) is 1. The van der Waals surface area contributed by atoms with E-state index in [0.717, 1.165) is 25.7 Å². The topological polar surface area (TPSA) is 26.0 Å². The molecular weight excluding hydrogens is 182 g/mol. The summed E-state index contributed by atoms with van der Waals surface area (Å²) in [6, 6.07) is 8.73. The van der Waals surface area contributed by atoms with Crippen molar-refractivity contribution < 1.29 is 0 Å². The van der Waals surface area contributed by atoms with Gasteiger partial charge in [-0.3, -0.25) is 0 Å². The van der Waals surface area contributed by atoms with E-state index in [1.54, 1.807) is 0 Å². The molecule has 0 amide bonds. The SMILES string of the molecule is CC(C)CC1(N)CCc2ccccc2C1. The monoisotopic (exact) mass is 203 g/mol. The van der Waals surface area contributed by atoms with Gasteiger partial charge in [-0.15, -0.1) is 0 Å². The highest BCUT2D eigenvalue weighted by Crippen LogP contribution is 2.31. The second-order valence-corrected chi connectivity index (χ2v) is 5.41. The van der Waals surface area contributed by atoms with Gasteiger partial charge in [0.05, 0.1) is 0 Å². The van der Waals surface area contributed by atoms with Crippen LogP contribution in [0.3, 0.4) is 0 Å². The normalized spacial score (nSPS) is 25.3. The van der Waals surface area contributed by atoms with Crippen molar-refractivity contribution in [2.24, 2.45) is 11.7 Å². The largest absolute Gasteiger partial charge is 0.325 e. The molecule has 0 heterocycles. The van der Waals surface area contributed by atoms with Gasteiger partial charge < -0.3 is 5.73 Å². The Labute approximate surface area is 92.7 Å². The molecule has 0 spiro atoms. The van der Waals surface area contributed by atoms with Crippen LogP contribution in [0.15, 0.2) is 24.3 Å². The molecule has 0 saturated carbocycles. The average Bonchev–Trinajstić information content (AvgIpc) is 2.15. The van der Waals surface area contributed by atoms with Gasteiger partial charge in [0.1, 0.15) is 0 Å². The Morgan fingerprint density at radius 2 is 1.93 bits per heavy atom. The van der Waals surface area contributed by atoms with Crippen LogP contribution in [0.25, 0.3) is 0 Å². The zero-order valence-electron chi connectivity index (χ0n) is 9.79. The second kappa shape index (κ2) is 3.97. The Morgan fingerprint density at radius 3 is 2.60 bits per heavy atom. The standard InChI is InChI=1S/C14H21N/c1-11(2)9-14(15)8-7-12-5-3-4-6-13(12)10-14/h3-6,11H,7-10,15H2,1-2H3. The first-order chi connectivity index (χ1) is 7.09. The van der Waals surface area contributed by atoms with Crippen molar-refractivity contribution in [3.63, 3.8) is 0 Å². The summed E-state index contributed by atoms with van der Waals surface area (Å²) in [5.74, 6) is 0.695. The summed E-state index contributed by atoms with van der Waals surface area (Å²) in [5.41, 5.74) is 9.49. The summed E-state index contributed by atoms with van der Waals surface area (Å²) >= 11 is 0. The van der Waals surface area contributed by atoms with E-state index >= 15 is 0 Å². The quantitative estimate of drug-likeness (QED) is 0.785. The highest BCUT2D eigenvalue weighted by atomic mass is 14.7. The highest BCUT2D eigenvalue weighted by Gasteiger charge is 2.30. The van der Waals surface area contributed by atoms with E-state index in [-0.39, 0.29) is 5.54 Å². The molecule has 82 valence electrons. The Kier molecular flexibility index (Phi) is 2.83. The van der Waals surface area contributed by atoms with Crippen molar-refractivity contribution in [1.82, 2.24) is 0 Å². The van der Waals surface area contributed by atoms with Crippen molar-refractivity contribution in [2.45, 2.75) is 45.1 Å². The van der Waals surface area contributed by atoms with Crippen LogP contribution in [0.1, 0.15) is 37.8 Å². The predicted molar refractivity (Wildman–Crippen MR) is 64.8 cm³/mol. The molecule has 1 aromatic carbocycles. The lowest BCUT2D eigenvalue weighted by Gasteiger charge is -2.36. The molecule has 1 atom stereocenters. The van der Waals surface area contributed by atoms with Crippen LogP contribution in [0.5, 0.6) is 0 Å². The third-order valence-electron chi connectivity index (χ3n) is 3.37. The number of hydrogen-bond donors (Lipinski definition) is 1. The smallest absolute Gasteiger partial charge is 0.0200 e.